The van der Waals surface area contributed by atoms with Gasteiger partial charge in [0.05, 0.1) is 5.52 Å². The lowest BCUT2D eigenvalue weighted by molar-refractivity contribution is -0.134. The standard InChI is InChI=1S/C12H11BrFNO2/c1-2-3-10(16)17-11-8-6-7(14)4-5-9(8)15-12(11)13/h4-6,15H,2-3H2,1H3. The maximum Gasteiger partial charge on any atom is 0.311 e. The van der Waals surface area contributed by atoms with E-state index in [0.29, 0.717) is 28.6 Å². The average molecular weight is 300 g/mol. The molecule has 1 aromatic carbocycles. The van der Waals surface area contributed by atoms with E-state index in [1.807, 2.05) is 6.92 Å². The molecule has 1 aromatic heterocycles. The van der Waals surface area contributed by atoms with Crippen molar-refractivity contribution in [2.24, 2.45) is 0 Å². The number of benzene rings is 1. The number of nitrogens with one attached hydrogen (secondary N) is 1. The largest absolute Gasteiger partial charge is 0.423 e. The molecule has 0 aliphatic heterocycles. The Labute approximate surface area is 106 Å². The lowest BCUT2D eigenvalue weighted by Gasteiger charge is -2.02. The lowest BCUT2D eigenvalue weighted by atomic mass is 10.2. The van der Waals surface area contributed by atoms with Gasteiger partial charge >= 0.3 is 5.97 Å². The second kappa shape index (κ2) is 4.87. The minimum atomic E-state index is -0.364. The molecule has 0 bridgehead atoms. The summed E-state index contributed by atoms with van der Waals surface area (Å²) < 4.78 is 18.9. The van der Waals surface area contributed by atoms with Gasteiger partial charge in [-0.3, -0.25) is 4.79 Å². The van der Waals surface area contributed by atoms with Gasteiger partial charge in [-0.15, -0.1) is 0 Å². The van der Waals surface area contributed by atoms with Gasteiger partial charge in [-0.2, -0.15) is 0 Å². The van der Waals surface area contributed by atoms with E-state index in [2.05, 4.69) is 20.9 Å². The van der Waals surface area contributed by atoms with E-state index < -0.39 is 0 Å². The Bertz CT molecular complexity index is 565. The molecule has 2 aromatic rings. The Hall–Kier alpha value is -1.36. The highest BCUT2D eigenvalue weighted by Gasteiger charge is 2.14. The summed E-state index contributed by atoms with van der Waals surface area (Å²) in [4.78, 5) is 14.4. The maximum atomic E-state index is 13.1. The summed E-state index contributed by atoms with van der Waals surface area (Å²) in [6.45, 7) is 1.89. The Morgan fingerprint density at radius 2 is 2.29 bits per heavy atom. The molecule has 1 heterocycles. The molecule has 0 amide bonds. The molecular formula is C12H11BrFNO2. The molecule has 0 aliphatic carbocycles. The summed E-state index contributed by atoms with van der Waals surface area (Å²) >= 11 is 3.26. The third kappa shape index (κ3) is 2.49. The molecule has 0 saturated carbocycles. The fraction of sp³-hybridized carbons (Fsp3) is 0.250. The average Bonchev–Trinajstić information content (AvgIpc) is 2.56. The minimum Gasteiger partial charge on any atom is -0.423 e. The first kappa shape index (κ1) is 12.1. The number of aromatic nitrogens is 1. The quantitative estimate of drug-likeness (QED) is 0.877. The van der Waals surface area contributed by atoms with E-state index in [1.165, 1.54) is 12.1 Å². The monoisotopic (exact) mass is 299 g/mol. The van der Waals surface area contributed by atoms with Gasteiger partial charge in [0.25, 0.3) is 0 Å². The van der Waals surface area contributed by atoms with Crippen molar-refractivity contribution in [3.63, 3.8) is 0 Å². The first-order valence-corrected chi connectivity index (χ1v) is 6.08. The van der Waals surface area contributed by atoms with Crippen molar-refractivity contribution in [3.05, 3.63) is 28.6 Å². The number of esters is 1. The normalized spacial score (nSPS) is 10.8. The number of halogens is 2. The third-order valence-corrected chi connectivity index (χ3v) is 2.90. The van der Waals surface area contributed by atoms with E-state index >= 15 is 0 Å². The summed E-state index contributed by atoms with van der Waals surface area (Å²) in [5.74, 6) is -0.340. The summed E-state index contributed by atoms with van der Waals surface area (Å²) in [6, 6.07) is 4.29. The predicted molar refractivity (Wildman–Crippen MR) is 66.5 cm³/mol. The van der Waals surface area contributed by atoms with Gasteiger partial charge in [-0.25, -0.2) is 4.39 Å². The molecule has 1 N–H and O–H groups in total. The van der Waals surface area contributed by atoms with Crippen LogP contribution in [0.3, 0.4) is 0 Å². The zero-order chi connectivity index (χ0) is 12.4. The second-order valence-electron chi connectivity index (χ2n) is 3.68. The van der Waals surface area contributed by atoms with Crippen molar-refractivity contribution in [2.45, 2.75) is 19.8 Å². The Morgan fingerprint density at radius 3 is 3.00 bits per heavy atom. The Balaban J connectivity index is 2.41. The molecule has 5 heteroatoms. The highest BCUT2D eigenvalue weighted by molar-refractivity contribution is 9.10. The second-order valence-corrected chi connectivity index (χ2v) is 4.48. The summed E-state index contributed by atoms with van der Waals surface area (Å²) in [6.07, 6.45) is 1.06. The molecule has 0 unspecified atom stereocenters. The zero-order valence-corrected chi connectivity index (χ0v) is 10.8. The van der Waals surface area contributed by atoms with Crippen LogP contribution in [0.4, 0.5) is 4.39 Å². The Kier molecular flexibility index (Phi) is 3.47. The maximum absolute atomic E-state index is 13.1. The molecule has 90 valence electrons. The highest BCUT2D eigenvalue weighted by Crippen LogP contribution is 2.34. The van der Waals surface area contributed by atoms with Crippen molar-refractivity contribution in [3.8, 4) is 5.75 Å². The fourth-order valence-electron chi connectivity index (χ4n) is 1.58. The van der Waals surface area contributed by atoms with Crippen LogP contribution >= 0.6 is 15.9 Å². The van der Waals surface area contributed by atoms with Crippen LogP contribution < -0.4 is 4.74 Å². The van der Waals surface area contributed by atoms with Crippen LogP contribution in [0.1, 0.15) is 19.8 Å². The fourth-order valence-corrected chi connectivity index (χ4v) is 2.08. The summed E-state index contributed by atoms with van der Waals surface area (Å²) in [5.41, 5.74) is 0.720. The highest BCUT2D eigenvalue weighted by atomic mass is 79.9. The predicted octanol–water partition coefficient (Wildman–Crippen LogP) is 3.78. The van der Waals surface area contributed by atoms with Gasteiger partial charge in [-0.05, 0) is 40.5 Å². The lowest BCUT2D eigenvalue weighted by Crippen LogP contribution is -2.06. The third-order valence-electron chi connectivity index (χ3n) is 2.34. The number of fused-ring (bicyclic) bond motifs is 1. The van der Waals surface area contributed by atoms with E-state index in [-0.39, 0.29) is 11.8 Å². The first-order chi connectivity index (χ1) is 8.11. The molecule has 0 fully saturated rings. The van der Waals surface area contributed by atoms with Crippen LogP contribution in [0.5, 0.6) is 5.75 Å². The number of hydrogen-bond donors (Lipinski definition) is 1. The van der Waals surface area contributed by atoms with E-state index in [0.717, 1.165) is 5.52 Å². The smallest absolute Gasteiger partial charge is 0.311 e. The number of ether oxygens (including phenoxy) is 1. The summed E-state index contributed by atoms with van der Waals surface area (Å²) in [5, 5.41) is 0.557. The number of H-pyrrole nitrogens is 1. The molecule has 0 radical (unpaired) electrons. The number of hydrogen-bond acceptors (Lipinski definition) is 2. The number of carbonyl (C=O) groups is 1. The number of aromatic amines is 1. The van der Waals surface area contributed by atoms with E-state index in [9.17, 15) is 9.18 Å². The van der Waals surface area contributed by atoms with Gasteiger partial charge in [0, 0.05) is 11.8 Å². The molecule has 3 nitrogen and oxygen atoms in total. The summed E-state index contributed by atoms with van der Waals surface area (Å²) in [7, 11) is 0. The van der Waals surface area contributed by atoms with Gasteiger partial charge in [0.1, 0.15) is 10.4 Å². The molecule has 2 rings (SSSR count). The van der Waals surface area contributed by atoms with Gasteiger partial charge < -0.3 is 9.72 Å². The topological polar surface area (TPSA) is 42.1 Å². The molecular weight excluding hydrogens is 289 g/mol. The zero-order valence-electron chi connectivity index (χ0n) is 9.22. The van der Waals surface area contributed by atoms with E-state index in [1.54, 1.807) is 6.07 Å². The van der Waals surface area contributed by atoms with Crippen molar-refractivity contribution < 1.29 is 13.9 Å². The van der Waals surface area contributed by atoms with Crippen LogP contribution in [0.15, 0.2) is 22.8 Å². The van der Waals surface area contributed by atoms with Crippen LogP contribution in [0.2, 0.25) is 0 Å². The number of carbonyl (C=O) groups excluding carboxylic acids is 1. The molecule has 0 atom stereocenters. The van der Waals surface area contributed by atoms with E-state index in [4.69, 9.17) is 4.74 Å². The minimum absolute atomic E-state index is 0.321. The molecule has 0 spiro atoms. The van der Waals surface area contributed by atoms with Gasteiger partial charge in [-0.1, -0.05) is 6.92 Å². The van der Waals surface area contributed by atoms with Crippen molar-refractivity contribution >= 4 is 32.8 Å². The van der Waals surface area contributed by atoms with Crippen LogP contribution in [-0.4, -0.2) is 11.0 Å². The van der Waals surface area contributed by atoms with Crippen molar-refractivity contribution in [2.75, 3.05) is 0 Å². The SMILES string of the molecule is CCCC(=O)Oc1c(Br)[nH]c2ccc(F)cc12. The first-order valence-electron chi connectivity index (χ1n) is 5.29. The molecule has 0 aliphatic rings. The van der Waals surface area contributed by atoms with Crippen molar-refractivity contribution in [1.29, 1.82) is 0 Å². The van der Waals surface area contributed by atoms with Gasteiger partial charge in [0.15, 0.2) is 5.75 Å². The van der Waals surface area contributed by atoms with Gasteiger partial charge in [0.2, 0.25) is 0 Å². The Morgan fingerprint density at radius 1 is 1.53 bits per heavy atom. The van der Waals surface area contributed by atoms with Crippen molar-refractivity contribution in [1.82, 2.24) is 4.98 Å². The van der Waals surface area contributed by atoms with Crippen LogP contribution in [0.25, 0.3) is 10.9 Å². The van der Waals surface area contributed by atoms with Crippen LogP contribution in [0, 0.1) is 5.82 Å². The number of rotatable bonds is 3. The molecule has 0 saturated heterocycles. The van der Waals surface area contributed by atoms with Crippen LogP contribution in [-0.2, 0) is 4.79 Å². The molecule has 17 heavy (non-hydrogen) atoms.